The third-order valence-corrected chi connectivity index (χ3v) is 2.90. The molecule has 0 radical (unpaired) electrons. The maximum Gasteiger partial charge on any atom is 0.193 e. The molecule has 19 heavy (non-hydrogen) atoms. The Morgan fingerprint density at radius 2 is 2.00 bits per heavy atom. The molecular formula is C15H25N3O. The highest BCUT2D eigenvalue weighted by Gasteiger charge is 2.20. The molecule has 1 atom stereocenters. The molecule has 0 amide bonds. The van der Waals surface area contributed by atoms with Crippen LogP contribution in [0, 0.1) is 5.92 Å². The SMILES string of the molecule is CC(C)CCC(C)(O)CN=C(N)Nc1ccccc1. The molecule has 0 fully saturated rings. The van der Waals surface area contributed by atoms with Gasteiger partial charge in [0.1, 0.15) is 0 Å². The lowest BCUT2D eigenvalue weighted by molar-refractivity contribution is 0.0548. The highest BCUT2D eigenvalue weighted by Crippen LogP contribution is 2.16. The van der Waals surface area contributed by atoms with Crippen LogP contribution in [-0.2, 0) is 0 Å². The standard InChI is InChI=1S/C15H25N3O/c1-12(2)9-10-15(3,19)11-17-14(16)18-13-7-5-4-6-8-13/h4-8,12,19H,9-11H2,1-3H3,(H3,16,17,18). The molecule has 1 aromatic rings. The van der Waals surface area contributed by atoms with E-state index in [-0.39, 0.29) is 0 Å². The van der Waals surface area contributed by atoms with Crippen LogP contribution in [0.5, 0.6) is 0 Å². The van der Waals surface area contributed by atoms with E-state index in [1.165, 1.54) is 0 Å². The van der Waals surface area contributed by atoms with Crippen molar-refractivity contribution in [1.82, 2.24) is 0 Å². The number of benzene rings is 1. The van der Waals surface area contributed by atoms with Crippen LogP contribution in [0.2, 0.25) is 0 Å². The molecule has 0 aliphatic heterocycles. The molecule has 106 valence electrons. The van der Waals surface area contributed by atoms with Crippen molar-refractivity contribution >= 4 is 11.6 Å². The van der Waals surface area contributed by atoms with Gasteiger partial charge in [-0.05, 0) is 37.8 Å². The van der Waals surface area contributed by atoms with Gasteiger partial charge in [-0.25, -0.2) is 0 Å². The van der Waals surface area contributed by atoms with Crippen LogP contribution in [0.25, 0.3) is 0 Å². The van der Waals surface area contributed by atoms with Crippen LogP contribution in [-0.4, -0.2) is 23.2 Å². The van der Waals surface area contributed by atoms with Crippen molar-refractivity contribution < 1.29 is 5.11 Å². The molecule has 0 aliphatic carbocycles. The van der Waals surface area contributed by atoms with Crippen LogP contribution in [0.3, 0.4) is 0 Å². The minimum atomic E-state index is -0.798. The zero-order valence-electron chi connectivity index (χ0n) is 12.1. The molecule has 1 unspecified atom stereocenters. The number of nitrogens with zero attached hydrogens (tertiary/aromatic N) is 1. The number of aliphatic imine (C=N–C) groups is 1. The van der Waals surface area contributed by atoms with Gasteiger partial charge in [0.2, 0.25) is 0 Å². The van der Waals surface area contributed by atoms with E-state index in [9.17, 15) is 5.11 Å². The molecule has 4 heteroatoms. The number of nitrogens with two attached hydrogens (primary N) is 1. The number of nitrogens with one attached hydrogen (secondary N) is 1. The van der Waals surface area contributed by atoms with E-state index < -0.39 is 5.60 Å². The Labute approximate surface area is 115 Å². The van der Waals surface area contributed by atoms with Crippen molar-refractivity contribution in [2.45, 2.75) is 39.2 Å². The second-order valence-corrected chi connectivity index (χ2v) is 5.62. The monoisotopic (exact) mass is 263 g/mol. The zero-order valence-corrected chi connectivity index (χ0v) is 12.1. The summed E-state index contributed by atoms with van der Waals surface area (Å²) >= 11 is 0. The first-order chi connectivity index (χ1) is 8.89. The van der Waals surface area contributed by atoms with Crippen LogP contribution < -0.4 is 11.1 Å². The first-order valence-electron chi connectivity index (χ1n) is 6.73. The molecule has 0 heterocycles. The van der Waals surface area contributed by atoms with E-state index in [0.29, 0.717) is 18.4 Å². The lowest BCUT2D eigenvalue weighted by Gasteiger charge is -2.22. The minimum Gasteiger partial charge on any atom is -0.388 e. The molecule has 0 spiro atoms. The molecule has 0 saturated carbocycles. The zero-order chi connectivity index (χ0) is 14.3. The van der Waals surface area contributed by atoms with E-state index in [0.717, 1.165) is 18.5 Å². The fourth-order valence-electron chi connectivity index (χ4n) is 1.64. The largest absolute Gasteiger partial charge is 0.388 e. The van der Waals surface area contributed by atoms with E-state index in [1.807, 2.05) is 30.3 Å². The van der Waals surface area contributed by atoms with Crippen molar-refractivity contribution in [1.29, 1.82) is 0 Å². The van der Waals surface area contributed by atoms with Crippen molar-refractivity contribution in [3.63, 3.8) is 0 Å². The van der Waals surface area contributed by atoms with Gasteiger partial charge in [0.05, 0.1) is 12.1 Å². The number of anilines is 1. The second-order valence-electron chi connectivity index (χ2n) is 5.62. The topological polar surface area (TPSA) is 70.6 Å². The molecule has 4 nitrogen and oxygen atoms in total. The maximum absolute atomic E-state index is 10.2. The van der Waals surface area contributed by atoms with Crippen molar-refractivity contribution in [3.8, 4) is 0 Å². The van der Waals surface area contributed by atoms with Crippen molar-refractivity contribution in [2.75, 3.05) is 11.9 Å². The maximum atomic E-state index is 10.2. The molecule has 0 aliphatic rings. The van der Waals surface area contributed by atoms with Crippen LogP contribution in [0.1, 0.15) is 33.6 Å². The van der Waals surface area contributed by atoms with Crippen LogP contribution >= 0.6 is 0 Å². The van der Waals surface area contributed by atoms with E-state index in [1.54, 1.807) is 6.92 Å². The number of hydrogen-bond donors (Lipinski definition) is 3. The fraction of sp³-hybridized carbons (Fsp3) is 0.533. The third-order valence-electron chi connectivity index (χ3n) is 2.90. The van der Waals surface area contributed by atoms with Crippen molar-refractivity contribution in [3.05, 3.63) is 30.3 Å². The van der Waals surface area contributed by atoms with Gasteiger partial charge in [0.15, 0.2) is 5.96 Å². The van der Waals surface area contributed by atoms with Crippen LogP contribution in [0.4, 0.5) is 5.69 Å². The number of guanidine groups is 1. The number of para-hydroxylation sites is 1. The minimum absolute atomic E-state index is 0.311. The smallest absolute Gasteiger partial charge is 0.193 e. The lowest BCUT2D eigenvalue weighted by Crippen LogP contribution is -2.31. The number of rotatable bonds is 6. The predicted octanol–water partition coefficient (Wildman–Crippen LogP) is 2.60. The summed E-state index contributed by atoms with van der Waals surface area (Å²) in [5.41, 5.74) is 5.89. The fourth-order valence-corrected chi connectivity index (χ4v) is 1.64. The quantitative estimate of drug-likeness (QED) is 0.546. The average molecular weight is 263 g/mol. The van der Waals surface area contributed by atoms with E-state index in [2.05, 4.69) is 24.2 Å². The highest BCUT2D eigenvalue weighted by atomic mass is 16.3. The van der Waals surface area contributed by atoms with Crippen LogP contribution in [0.15, 0.2) is 35.3 Å². The molecule has 4 N–H and O–H groups in total. The average Bonchev–Trinajstić information content (AvgIpc) is 2.36. The van der Waals surface area contributed by atoms with Gasteiger partial charge in [-0.3, -0.25) is 4.99 Å². The summed E-state index contributed by atoms with van der Waals surface area (Å²) in [6.45, 7) is 6.40. The molecule has 0 saturated heterocycles. The summed E-state index contributed by atoms with van der Waals surface area (Å²) in [5, 5.41) is 13.2. The molecule has 1 rings (SSSR count). The highest BCUT2D eigenvalue weighted by molar-refractivity contribution is 5.92. The van der Waals surface area contributed by atoms with Gasteiger partial charge in [-0.1, -0.05) is 32.0 Å². The Morgan fingerprint density at radius 3 is 2.58 bits per heavy atom. The number of aliphatic hydroxyl groups is 1. The number of hydrogen-bond acceptors (Lipinski definition) is 2. The van der Waals surface area contributed by atoms with E-state index in [4.69, 9.17) is 5.73 Å². The summed E-state index contributed by atoms with van der Waals surface area (Å²) in [7, 11) is 0. The van der Waals surface area contributed by atoms with Crippen molar-refractivity contribution in [2.24, 2.45) is 16.6 Å². The molecule has 0 bridgehead atoms. The Bertz CT molecular complexity index is 399. The predicted molar refractivity (Wildman–Crippen MR) is 81.2 cm³/mol. The summed E-state index contributed by atoms with van der Waals surface area (Å²) < 4.78 is 0. The normalized spacial score (nSPS) is 15.3. The van der Waals surface area contributed by atoms with Gasteiger partial charge in [0.25, 0.3) is 0 Å². The summed E-state index contributed by atoms with van der Waals surface area (Å²) in [6, 6.07) is 9.62. The Hall–Kier alpha value is -1.55. The first-order valence-corrected chi connectivity index (χ1v) is 6.73. The summed E-state index contributed by atoms with van der Waals surface area (Å²) in [4.78, 5) is 4.20. The molecule has 1 aromatic carbocycles. The summed E-state index contributed by atoms with van der Waals surface area (Å²) in [6.07, 6.45) is 1.71. The van der Waals surface area contributed by atoms with Gasteiger partial charge in [-0.15, -0.1) is 0 Å². The third kappa shape index (κ3) is 6.82. The van der Waals surface area contributed by atoms with Gasteiger partial charge in [0, 0.05) is 5.69 Å². The first kappa shape index (κ1) is 15.5. The lowest BCUT2D eigenvalue weighted by atomic mass is 9.95. The molecular weight excluding hydrogens is 238 g/mol. The Balaban J connectivity index is 2.46. The van der Waals surface area contributed by atoms with Gasteiger partial charge < -0.3 is 16.2 Å². The second kappa shape index (κ2) is 7.14. The van der Waals surface area contributed by atoms with E-state index >= 15 is 0 Å². The molecule has 0 aromatic heterocycles. The van der Waals surface area contributed by atoms with Gasteiger partial charge >= 0.3 is 0 Å². The Kier molecular flexibility index (Phi) is 5.83. The summed E-state index contributed by atoms with van der Waals surface area (Å²) in [5.74, 6) is 0.909. The van der Waals surface area contributed by atoms with Gasteiger partial charge in [-0.2, -0.15) is 0 Å². The Morgan fingerprint density at radius 1 is 1.37 bits per heavy atom.